The van der Waals surface area contributed by atoms with Crippen molar-refractivity contribution in [3.05, 3.63) is 65.7 Å². The van der Waals surface area contributed by atoms with Crippen LogP contribution in [0.2, 0.25) is 0 Å². The number of rotatable bonds is 5. The van der Waals surface area contributed by atoms with Crippen LogP contribution < -0.4 is 5.32 Å². The minimum absolute atomic E-state index is 0.110. The highest BCUT2D eigenvalue weighted by Crippen LogP contribution is 2.20. The summed E-state index contributed by atoms with van der Waals surface area (Å²) in [5, 5.41) is 2.53. The number of benzene rings is 2. The number of amides is 1. The van der Waals surface area contributed by atoms with Crippen molar-refractivity contribution in [1.82, 2.24) is 8.61 Å². The highest BCUT2D eigenvalue weighted by atomic mass is 32.2. The van der Waals surface area contributed by atoms with Crippen LogP contribution in [0.15, 0.2) is 48.5 Å². The predicted octanol–water partition coefficient (Wildman–Crippen LogP) is 1.97. The lowest BCUT2D eigenvalue weighted by atomic mass is 10.2. The van der Waals surface area contributed by atoms with Crippen molar-refractivity contribution < 1.29 is 22.0 Å². The Labute approximate surface area is 150 Å². The first-order chi connectivity index (χ1) is 12.3. The van der Waals surface area contributed by atoms with Crippen LogP contribution in [0.5, 0.6) is 0 Å². The molecule has 0 unspecified atom stereocenters. The van der Waals surface area contributed by atoms with Gasteiger partial charge >= 0.3 is 0 Å². The third kappa shape index (κ3) is 4.24. The lowest BCUT2D eigenvalue weighted by molar-refractivity contribution is -0.116. The van der Waals surface area contributed by atoms with E-state index in [1.165, 1.54) is 52.8 Å². The highest BCUT2D eigenvalue weighted by Gasteiger charge is 2.37. The average molecular weight is 381 g/mol. The van der Waals surface area contributed by atoms with Gasteiger partial charge in [-0.3, -0.25) is 4.79 Å². The summed E-state index contributed by atoms with van der Waals surface area (Å²) >= 11 is 0. The highest BCUT2D eigenvalue weighted by molar-refractivity contribution is 7.87. The maximum atomic E-state index is 13.0. The molecular formula is C17H17F2N3O3S. The molecule has 9 heteroatoms. The van der Waals surface area contributed by atoms with E-state index in [2.05, 4.69) is 5.32 Å². The van der Waals surface area contributed by atoms with E-state index in [9.17, 15) is 22.0 Å². The first kappa shape index (κ1) is 18.4. The van der Waals surface area contributed by atoms with Gasteiger partial charge in [0.15, 0.2) is 0 Å². The first-order valence-electron chi connectivity index (χ1n) is 7.90. The fourth-order valence-electron chi connectivity index (χ4n) is 2.63. The summed E-state index contributed by atoms with van der Waals surface area (Å²) in [5.74, 6) is -1.33. The predicted molar refractivity (Wildman–Crippen MR) is 92.3 cm³/mol. The lowest BCUT2D eigenvalue weighted by Crippen LogP contribution is -2.37. The van der Waals surface area contributed by atoms with E-state index < -0.39 is 27.8 Å². The number of nitrogens with one attached hydrogen (secondary N) is 1. The van der Waals surface area contributed by atoms with E-state index in [0.717, 1.165) is 4.31 Å². The molecule has 0 aromatic heterocycles. The molecule has 2 aromatic carbocycles. The van der Waals surface area contributed by atoms with E-state index in [4.69, 9.17) is 0 Å². The first-order valence-corrected chi connectivity index (χ1v) is 9.29. The summed E-state index contributed by atoms with van der Waals surface area (Å²) in [7, 11) is -3.78. The van der Waals surface area contributed by atoms with E-state index in [-0.39, 0.29) is 26.2 Å². The summed E-state index contributed by atoms with van der Waals surface area (Å²) in [6.45, 7) is 0.197. The van der Waals surface area contributed by atoms with Crippen molar-refractivity contribution >= 4 is 21.8 Å². The molecule has 3 rings (SSSR count). The van der Waals surface area contributed by atoms with Crippen LogP contribution in [0.1, 0.15) is 5.56 Å². The fourth-order valence-corrected chi connectivity index (χ4v) is 4.17. The zero-order valence-corrected chi connectivity index (χ0v) is 14.5. The topological polar surface area (TPSA) is 69.7 Å². The van der Waals surface area contributed by atoms with Crippen LogP contribution in [0.25, 0.3) is 0 Å². The summed E-state index contributed by atoms with van der Waals surface area (Å²) in [6, 6.07) is 10.8. The monoisotopic (exact) mass is 381 g/mol. The van der Waals surface area contributed by atoms with Crippen LogP contribution >= 0.6 is 0 Å². The third-order valence-electron chi connectivity index (χ3n) is 3.97. The molecule has 1 fully saturated rings. The molecule has 0 saturated carbocycles. The molecule has 1 aliphatic rings. The van der Waals surface area contributed by atoms with E-state index in [1.807, 2.05) is 0 Å². The molecule has 1 aliphatic heterocycles. The van der Waals surface area contributed by atoms with Crippen LogP contribution in [-0.2, 0) is 21.5 Å². The number of carbonyl (C=O) groups is 1. The summed E-state index contributed by atoms with van der Waals surface area (Å²) in [6.07, 6.45) is 0. The lowest BCUT2D eigenvalue weighted by Gasteiger charge is -2.18. The largest absolute Gasteiger partial charge is 0.325 e. The minimum atomic E-state index is -3.78. The Morgan fingerprint density at radius 1 is 0.923 bits per heavy atom. The van der Waals surface area contributed by atoms with Gasteiger partial charge in [0.2, 0.25) is 5.91 Å². The molecule has 1 N–H and O–H groups in total. The Kier molecular flexibility index (Phi) is 5.30. The molecule has 1 saturated heterocycles. The smallest absolute Gasteiger partial charge is 0.282 e. The Morgan fingerprint density at radius 2 is 1.46 bits per heavy atom. The van der Waals surface area contributed by atoms with Gasteiger partial charge < -0.3 is 5.32 Å². The van der Waals surface area contributed by atoms with E-state index in [0.29, 0.717) is 11.3 Å². The molecule has 0 aliphatic carbocycles. The maximum absolute atomic E-state index is 13.0. The number of halogens is 2. The normalized spacial score (nSPS) is 17.3. The van der Waals surface area contributed by atoms with Crippen molar-refractivity contribution in [2.45, 2.75) is 6.54 Å². The van der Waals surface area contributed by atoms with Crippen molar-refractivity contribution in [3.8, 4) is 0 Å². The van der Waals surface area contributed by atoms with E-state index in [1.54, 1.807) is 0 Å². The molecule has 2 aromatic rings. The van der Waals surface area contributed by atoms with Gasteiger partial charge in [0.05, 0.1) is 6.54 Å². The van der Waals surface area contributed by atoms with Crippen LogP contribution in [0, 0.1) is 11.6 Å². The average Bonchev–Trinajstić information content (AvgIpc) is 2.86. The second-order valence-electron chi connectivity index (χ2n) is 5.86. The van der Waals surface area contributed by atoms with Crippen LogP contribution in [-0.4, -0.2) is 42.6 Å². The van der Waals surface area contributed by atoms with Gasteiger partial charge in [-0.05, 0) is 42.0 Å². The second-order valence-corrected chi connectivity index (χ2v) is 7.78. The van der Waals surface area contributed by atoms with Gasteiger partial charge in [0, 0.05) is 25.3 Å². The van der Waals surface area contributed by atoms with Crippen molar-refractivity contribution in [1.29, 1.82) is 0 Å². The van der Waals surface area contributed by atoms with Crippen LogP contribution in [0.3, 0.4) is 0 Å². The molecule has 26 heavy (non-hydrogen) atoms. The zero-order chi connectivity index (χ0) is 18.7. The Hall–Kier alpha value is -2.36. The minimum Gasteiger partial charge on any atom is -0.325 e. The van der Waals surface area contributed by atoms with Gasteiger partial charge in [-0.1, -0.05) is 12.1 Å². The quantitative estimate of drug-likeness (QED) is 0.861. The number of carbonyl (C=O) groups excluding carboxylic acids is 1. The summed E-state index contributed by atoms with van der Waals surface area (Å²) in [5.41, 5.74) is 1.05. The zero-order valence-electron chi connectivity index (χ0n) is 13.7. The Bertz CT molecular complexity index is 886. The molecule has 1 amide bonds. The Balaban J connectivity index is 1.61. The molecule has 0 spiro atoms. The molecule has 0 radical (unpaired) electrons. The second kappa shape index (κ2) is 7.48. The standard InChI is InChI=1S/C17H17F2N3O3S/c18-14-3-1-13(2-4-14)11-21-9-10-22(26(21,24)25)12-17(23)20-16-7-5-15(19)6-8-16/h1-8H,9-12H2,(H,20,23). The number of anilines is 1. The Morgan fingerprint density at radius 3 is 2.08 bits per heavy atom. The SMILES string of the molecule is O=C(CN1CCN(Cc2ccc(F)cc2)S1(=O)=O)Nc1ccc(F)cc1. The van der Waals surface area contributed by atoms with Gasteiger partial charge in [-0.15, -0.1) is 0 Å². The third-order valence-corrected chi connectivity index (χ3v) is 5.90. The molecular weight excluding hydrogens is 364 g/mol. The number of hydrogen-bond donors (Lipinski definition) is 1. The molecule has 0 atom stereocenters. The van der Waals surface area contributed by atoms with Crippen molar-refractivity contribution in [2.75, 3.05) is 25.0 Å². The maximum Gasteiger partial charge on any atom is 0.282 e. The molecule has 0 bridgehead atoms. The number of nitrogens with zero attached hydrogens (tertiary/aromatic N) is 2. The fraction of sp³-hybridized carbons (Fsp3) is 0.235. The molecule has 6 nitrogen and oxygen atoms in total. The van der Waals surface area contributed by atoms with E-state index >= 15 is 0 Å². The van der Waals surface area contributed by atoms with Gasteiger partial charge in [-0.25, -0.2) is 8.78 Å². The van der Waals surface area contributed by atoms with Crippen molar-refractivity contribution in [3.63, 3.8) is 0 Å². The summed E-state index contributed by atoms with van der Waals surface area (Å²) in [4.78, 5) is 12.1. The molecule has 138 valence electrons. The van der Waals surface area contributed by atoms with Crippen LogP contribution in [0.4, 0.5) is 14.5 Å². The van der Waals surface area contributed by atoms with Gasteiger partial charge in [0.1, 0.15) is 11.6 Å². The van der Waals surface area contributed by atoms with Gasteiger partial charge in [0.25, 0.3) is 10.2 Å². The van der Waals surface area contributed by atoms with Gasteiger partial charge in [-0.2, -0.15) is 17.0 Å². The summed E-state index contributed by atoms with van der Waals surface area (Å²) < 4.78 is 53.2. The van der Waals surface area contributed by atoms with Crippen molar-refractivity contribution in [2.24, 2.45) is 0 Å². The molecule has 1 heterocycles. The number of hydrogen-bond acceptors (Lipinski definition) is 3.